The standard InChI is InChI=1S/C7H12N2O/c1-3-8-4-5-9(6-8)7(2)10/h3-5,7,10H,1,6H2,2H3. The molecule has 0 aliphatic carbocycles. The molecule has 0 bridgehead atoms. The first-order valence-electron chi connectivity index (χ1n) is 3.24. The lowest BCUT2D eigenvalue weighted by Gasteiger charge is -2.20. The van der Waals surface area contributed by atoms with Gasteiger partial charge in [0.1, 0.15) is 6.23 Å². The Morgan fingerprint density at radius 3 is 2.70 bits per heavy atom. The molecule has 56 valence electrons. The van der Waals surface area contributed by atoms with E-state index < -0.39 is 6.23 Å². The van der Waals surface area contributed by atoms with Gasteiger partial charge in [-0.25, -0.2) is 0 Å². The van der Waals surface area contributed by atoms with Crippen LogP contribution in [0.15, 0.2) is 25.2 Å². The van der Waals surface area contributed by atoms with Crippen LogP contribution in [0.4, 0.5) is 0 Å². The number of hydrogen-bond donors (Lipinski definition) is 1. The maximum absolute atomic E-state index is 9.08. The van der Waals surface area contributed by atoms with Crippen molar-refractivity contribution in [2.24, 2.45) is 0 Å². The SMILES string of the molecule is C=CN1C=CN(C(C)O)C1. The zero-order chi connectivity index (χ0) is 7.56. The predicted molar refractivity (Wildman–Crippen MR) is 39.6 cm³/mol. The first-order chi connectivity index (χ1) is 4.74. The molecule has 0 aromatic heterocycles. The highest BCUT2D eigenvalue weighted by Crippen LogP contribution is 2.08. The molecule has 1 atom stereocenters. The molecule has 0 fully saturated rings. The van der Waals surface area contributed by atoms with Crippen molar-refractivity contribution in [2.75, 3.05) is 6.67 Å². The molecule has 1 unspecified atom stereocenters. The van der Waals surface area contributed by atoms with Crippen molar-refractivity contribution in [2.45, 2.75) is 13.2 Å². The Hall–Kier alpha value is -0.960. The number of rotatable bonds is 2. The van der Waals surface area contributed by atoms with Crippen LogP contribution in [0.5, 0.6) is 0 Å². The van der Waals surface area contributed by atoms with Gasteiger partial charge in [-0.05, 0) is 13.1 Å². The molecule has 0 amide bonds. The fourth-order valence-electron chi connectivity index (χ4n) is 0.815. The van der Waals surface area contributed by atoms with Crippen LogP contribution in [-0.2, 0) is 0 Å². The Morgan fingerprint density at radius 1 is 1.70 bits per heavy atom. The van der Waals surface area contributed by atoms with E-state index in [1.165, 1.54) is 0 Å². The van der Waals surface area contributed by atoms with Gasteiger partial charge >= 0.3 is 0 Å². The van der Waals surface area contributed by atoms with Crippen LogP contribution in [0.2, 0.25) is 0 Å². The van der Waals surface area contributed by atoms with Gasteiger partial charge in [0, 0.05) is 12.4 Å². The maximum atomic E-state index is 9.08. The quantitative estimate of drug-likeness (QED) is 0.605. The van der Waals surface area contributed by atoms with Crippen molar-refractivity contribution in [3.63, 3.8) is 0 Å². The molecule has 1 aliphatic heterocycles. The predicted octanol–water partition coefficient (Wildman–Crippen LogP) is 0.514. The monoisotopic (exact) mass is 140 g/mol. The minimum atomic E-state index is -0.416. The van der Waals surface area contributed by atoms with E-state index in [-0.39, 0.29) is 0 Å². The fourth-order valence-corrected chi connectivity index (χ4v) is 0.815. The van der Waals surface area contributed by atoms with Crippen LogP contribution in [-0.4, -0.2) is 27.8 Å². The Kier molecular flexibility index (Phi) is 1.97. The number of aliphatic hydroxyl groups excluding tert-OH is 1. The van der Waals surface area contributed by atoms with Crippen LogP contribution >= 0.6 is 0 Å². The zero-order valence-corrected chi connectivity index (χ0v) is 6.07. The van der Waals surface area contributed by atoms with Gasteiger partial charge in [-0.15, -0.1) is 0 Å². The lowest BCUT2D eigenvalue weighted by Crippen LogP contribution is -2.29. The topological polar surface area (TPSA) is 26.7 Å². The number of aliphatic hydroxyl groups is 1. The molecule has 1 aliphatic rings. The molecule has 1 rings (SSSR count). The van der Waals surface area contributed by atoms with Crippen LogP contribution in [0.1, 0.15) is 6.92 Å². The molecule has 0 saturated heterocycles. The third-order valence-corrected chi connectivity index (χ3v) is 1.49. The van der Waals surface area contributed by atoms with Gasteiger partial charge in [-0.3, -0.25) is 0 Å². The van der Waals surface area contributed by atoms with E-state index in [1.807, 2.05) is 22.2 Å². The van der Waals surface area contributed by atoms with Crippen LogP contribution < -0.4 is 0 Å². The van der Waals surface area contributed by atoms with Crippen molar-refractivity contribution >= 4 is 0 Å². The molecular formula is C7H12N2O. The molecule has 1 N–H and O–H groups in total. The van der Waals surface area contributed by atoms with Crippen molar-refractivity contribution in [3.05, 3.63) is 25.2 Å². The van der Waals surface area contributed by atoms with Crippen LogP contribution in [0, 0.1) is 0 Å². The van der Waals surface area contributed by atoms with Gasteiger partial charge in [0.15, 0.2) is 0 Å². The molecule has 10 heavy (non-hydrogen) atoms. The van der Waals surface area contributed by atoms with E-state index in [4.69, 9.17) is 5.11 Å². The molecule has 0 aromatic carbocycles. The normalized spacial score (nSPS) is 19.8. The van der Waals surface area contributed by atoms with Crippen molar-refractivity contribution in [3.8, 4) is 0 Å². The summed E-state index contributed by atoms with van der Waals surface area (Å²) in [6.45, 7) is 6.03. The third kappa shape index (κ3) is 1.30. The van der Waals surface area contributed by atoms with Gasteiger partial charge in [-0.1, -0.05) is 6.58 Å². The zero-order valence-electron chi connectivity index (χ0n) is 6.07. The lowest BCUT2D eigenvalue weighted by atomic mass is 10.6. The number of nitrogens with zero attached hydrogens (tertiary/aromatic N) is 2. The highest BCUT2D eigenvalue weighted by Gasteiger charge is 2.12. The van der Waals surface area contributed by atoms with Gasteiger partial charge in [0.25, 0.3) is 0 Å². The minimum absolute atomic E-state index is 0.416. The number of hydrogen-bond acceptors (Lipinski definition) is 3. The maximum Gasteiger partial charge on any atom is 0.125 e. The highest BCUT2D eigenvalue weighted by atomic mass is 16.3. The Labute approximate surface area is 60.9 Å². The average Bonchev–Trinajstić information content (AvgIpc) is 2.34. The van der Waals surface area contributed by atoms with Crippen molar-refractivity contribution < 1.29 is 5.11 Å². The Morgan fingerprint density at radius 2 is 2.40 bits per heavy atom. The summed E-state index contributed by atoms with van der Waals surface area (Å²) in [6, 6.07) is 0. The molecular weight excluding hydrogens is 128 g/mol. The van der Waals surface area contributed by atoms with E-state index in [1.54, 1.807) is 13.1 Å². The van der Waals surface area contributed by atoms with Crippen molar-refractivity contribution in [1.82, 2.24) is 9.80 Å². The van der Waals surface area contributed by atoms with Gasteiger partial charge in [0.05, 0.1) is 6.67 Å². The van der Waals surface area contributed by atoms with E-state index >= 15 is 0 Å². The summed E-state index contributed by atoms with van der Waals surface area (Å²) >= 11 is 0. The summed E-state index contributed by atoms with van der Waals surface area (Å²) in [5, 5.41) is 9.08. The summed E-state index contributed by atoms with van der Waals surface area (Å²) < 4.78 is 0. The summed E-state index contributed by atoms with van der Waals surface area (Å²) in [5.41, 5.74) is 0. The molecule has 0 radical (unpaired) electrons. The minimum Gasteiger partial charge on any atom is -0.374 e. The Bertz CT molecular complexity index is 154. The molecule has 3 nitrogen and oxygen atoms in total. The summed E-state index contributed by atoms with van der Waals surface area (Å²) in [4.78, 5) is 3.70. The second kappa shape index (κ2) is 2.75. The van der Waals surface area contributed by atoms with Gasteiger partial charge < -0.3 is 14.9 Å². The summed E-state index contributed by atoms with van der Waals surface area (Å²) in [6.07, 6.45) is 5.02. The first-order valence-corrected chi connectivity index (χ1v) is 3.24. The largest absolute Gasteiger partial charge is 0.374 e. The molecule has 1 heterocycles. The highest BCUT2D eigenvalue weighted by molar-refractivity contribution is 4.94. The van der Waals surface area contributed by atoms with E-state index in [2.05, 4.69) is 6.58 Å². The van der Waals surface area contributed by atoms with E-state index in [9.17, 15) is 0 Å². The first kappa shape index (κ1) is 7.15. The van der Waals surface area contributed by atoms with E-state index in [0.29, 0.717) is 6.67 Å². The third-order valence-electron chi connectivity index (χ3n) is 1.49. The second-order valence-corrected chi connectivity index (χ2v) is 2.28. The molecule has 3 heteroatoms. The summed E-state index contributed by atoms with van der Waals surface area (Å²) in [5.74, 6) is 0. The smallest absolute Gasteiger partial charge is 0.125 e. The molecule has 0 aromatic rings. The lowest BCUT2D eigenvalue weighted by molar-refractivity contribution is 0.0469. The Balaban J connectivity index is 2.45. The van der Waals surface area contributed by atoms with Crippen molar-refractivity contribution in [1.29, 1.82) is 0 Å². The van der Waals surface area contributed by atoms with Crippen LogP contribution in [0.25, 0.3) is 0 Å². The van der Waals surface area contributed by atoms with E-state index in [0.717, 1.165) is 0 Å². The second-order valence-electron chi connectivity index (χ2n) is 2.28. The van der Waals surface area contributed by atoms with Gasteiger partial charge in [0.2, 0.25) is 0 Å². The van der Waals surface area contributed by atoms with Gasteiger partial charge in [-0.2, -0.15) is 0 Å². The molecule has 0 saturated carbocycles. The molecule has 0 spiro atoms. The fraction of sp³-hybridized carbons (Fsp3) is 0.429. The van der Waals surface area contributed by atoms with Crippen LogP contribution in [0.3, 0.4) is 0 Å². The average molecular weight is 140 g/mol. The summed E-state index contributed by atoms with van der Waals surface area (Å²) in [7, 11) is 0.